The van der Waals surface area contributed by atoms with E-state index in [1.807, 2.05) is 6.07 Å². The van der Waals surface area contributed by atoms with Gasteiger partial charge in [0.2, 0.25) is 5.95 Å². The minimum absolute atomic E-state index is 0.430. The van der Waals surface area contributed by atoms with Crippen molar-refractivity contribution in [2.45, 2.75) is 19.4 Å². The number of anilines is 2. The lowest BCUT2D eigenvalue weighted by Crippen LogP contribution is -2.44. The van der Waals surface area contributed by atoms with Gasteiger partial charge in [0.25, 0.3) is 0 Å². The van der Waals surface area contributed by atoms with Crippen molar-refractivity contribution in [3.8, 4) is 0 Å². The first-order valence-corrected chi connectivity index (χ1v) is 6.67. The van der Waals surface area contributed by atoms with E-state index in [2.05, 4.69) is 32.1 Å². The van der Waals surface area contributed by atoms with E-state index in [1.54, 1.807) is 20.0 Å². The fourth-order valence-electron chi connectivity index (χ4n) is 1.94. The molecule has 0 unspecified atom stereocenters. The number of rotatable bonds is 4. The largest absolute Gasteiger partial charge is 0.389 e. The van der Waals surface area contributed by atoms with E-state index >= 15 is 0 Å². The molecule has 6 heteroatoms. The smallest absolute Gasteiger partial charge is 0.224 e. The molecule has 0 spiro atoms. The molecule has 0 aliphatic carbocycles. The molecule has 106 valence electrons. The normalized spacial score (nSPS) is 17.6. The maximum absolute atomic E-state index is 9.69. The van der Waals surface area contributed by atoms with Gasteiger partial charge >= 0.3 is 0 Å². The van der Waals surface area contributed by atoms with Crippen molar-refractivity contribution in [3.05, 3.63) is 12.3 Å². The van der Waals surface area contributed by atoms with E-state index in [-0.39, 0.29) is 0 Å². The van der Waals surface area contributed by atoms with Crippen molar-refractivity contribution in [1.82, 2.24) is 14.9 Å². The van der Waals surface area contributed by atoms with Gasteiger partial charge < -0.3 is 20.2 Å². The van der Waals surface area contributed by atoms with E-state index in [4.69, 9.17) is 0 Å². The molecule has 1 aromatic rings. The molecular weight excluding hydrogens is 242 g/mol. The van der Waals surface area contributed by atoms with Gasteiger partial charge in [0, 0.05) is 38.9 Å². The van der Waals surface area contributed by atoms with Crippen molar-refractivity contribution in [1.29, 1.82) is 0 Å². The van der Waals surface area contributed by atoms with E-state index in [0.717, 1.165) is 32.0 Å². The molecule has 0 radical (unpaired) electrons. The lowest BCUT2D eigenvalue weighted by Gasteiger charge is -2.33. The van der Waals surface area contributed by atoms with Crippen molar-refractivity contribution in [2.75, 3.05) is 50.0 Å². The molecule has 1 aliphatic rings. The van der Waals surface area contributed by atoms with Gasteiger partial charge in [0.05, 0.1) is 5.60 Å². The predicted octanol–water partition coefficient (Wildman–Crippen LogP) is 0.411. The molecular formula is C13H23N5O. The Morgan fingerprint density at radius 3 is 2.63 bits per heavy atom. The third kappa shape index (κ3) is 4.33. The maximum Gasteiger partial charge on any atom is 0.224 e. The van der Waals surface area contributed by atoms with Crippen LogP contribution in [0.2, 0.25) is 0 Å². The Bertz CT molecular complexity index is 410. The Hall–Kier alpha value is -1.40. The first-order valence-electron chi connectivity index (χ1n) is 6.67. The van der Waals surface area contributed by atoms with Crippen LogP contribution >= 0.6 is 0 Å². The third-order valence-electron chi connectivity index (χ3n) is 3.15. The second kappa shape index (κ2) is 5.71. The molecule has 1 aromatic heterocycles. The summed E-state index contributed by atoms with van der Waals surface area (Å²) in [7, 11) is 2.13. The summed E-state index contributed by atoms with van der Waals surface area (Å²) >= 11 is 0. The van der Waals surface area contributed by atoms with Gasteiger partial charge in [-0.05, 0) is 27.0 Å². The number of nitrogens with one attached hydrogen (secondary N) is 1. The monoisotopic (exact) mass is 265 g/mol. The molecule has 1 aliphatic heterocycles. The quantitative estimate of drug-likeness (QED) is 0.822. The van der Waals surface area contributed by atoms with Gasteiger partial charge in [-0.3, -0.25) is 0 Å². The molecule has 2 heterocycles. The predicted molar refractivity (Wildman–Crippen MR) is 76.5 cm³/mol. The summed E-state index contributed by atoms with van der Waals surface area (Å²) in [4.78, 5) is 13.3. The van der Waals surface area contributed by atoms with Crippen LogP contribution in [0.5, 0.6) is 0 Å². The van der Waals surface area contributed by atoms with E-state index in [9.17, 15) is 5.11 Å². The molecule has 0 atom stereocenters. The highest BCUT2D eigenvalue weighted by atomic mass is 16.3. The summed E-state index contributed by atoms with van der Waals surface area (Å²) in [6.07, 6.45) is 1.76. The van der Waals surface area contributed by atoms with Gasteiger partial charge in [-0.15, -0.1) is 0 Å². The van der Waals surface area contributed by atoms with Gasteiger partial charge in [0.15, 0.2) is 0 Å². The highest BCUT2D eigenvalue weighted by molar-refractivity contribution is 5.43. The van der Waals surface area contributed by atoms with E-state index in [1.165, 1.54) is 0 Å². The summed E-state index contributed by atoms with van der Waals surface area (Å²) in [5.74, 6) is 1.51. The molecule has 19 heavy (non-hydrogen) atoms. The van der Waals surface area contributed by atoms with Crippen LogP contribution in [-0.4, -0.2) is 65.3 Å². The zero-order valence-electron chi connectivity index (χ0n) is 11.9. The molecule has 0 amide bonds. The average Bonchev–Trinajstić information content (AvgIpc) is 2.37. The second-order valence-electron chi connectivity index (χ2n) is 5.69. The minimum Gasteiger partial charge on any atom is -0.389 e. The number of hydrogen-bond donors (Lipinski definition) is 2. The number of nitrogens with zero attached hydrogens (tertiary/aromatic N) is 4. The van der Waals surface area contributed by atoms with E-state index < -0.39 is 5.60 Å². The van der Waals surface area contributed by atoms with Crippen LogP contribution in [0.15, 0.2) is 12.3 Å². The fourth-order valence-corrected chi connectivity index (χ4v) is 1.94. The third-order valence-corrected chi connectivity index (χ3v) is 3.15. The zero-order chi connectivity index (χ0) is 13.9. The molecule has 2 N–H and O–H groups in total. The van der Waals surface area contributed by atoms with Crippen LogP contribution in [0, 0.1) is 0 Å². The van der Waals surface area contributed by atoms with Crippen LogP contribution in [0.25, 0.3) is 0 Å². The van der Waals surface area contributed by atoms with Crippen molar-refractivity contribution in [3.63, 3.8) is 0 Å². The van der Waals surface area contributed by atoms with Gasteiger partial charge in [-0.2, -0.15) is 4.98 Å². The fraction of sp³-hybridized carbons (Fsp3) is 0.692. The highest BCUT2D eigenvalue weighted by Crippen LogP contribution is 2.14. The lowest BCUT2D eigenvalue weighted by molar-refractivity contribution is 0.0943. The summed E-state index contributed by atoms with van der Waals surface area (Å²) in [6.45, 7) is 8.01. The molecule has 1 saturated heterocycles. The molecule has 6 nitrogen and oxygen atoms in total. The van der Waals surface area contributed by atoms with Crippen molar-refractivity contribution >= 4 is 11.8 Å². The summed E-state index contributed by atoms with van der Waals surface area (Å²) < 4.78 is 0. The summed E-state index contributed by atoms with van der Waals surface area (Å²) in [5.41, 5.74) is -0.771. The SMILES string of the molecule is CN1CCN(c2ccnc(NCC(C)(C)O)n2)CC1. The first-order chi connectivity index (χ1) is 8.94. The second-order valence-corrected chi connectivity index (χ2v) is 5.69. The van der Waals surface area contributed by atoms with Crippen LogP contribution in [0.1, 0.15) is 13.8 Å². The molecule has 0 aromatic carbocycles. The topological polar surface area (TPSA) is 64.5 Å². The average molecular weight is 265 g/mol. The van der Waals surface area contributed by atoms with Gasteiger partial charge in [-0.25, -0.2) is 4.98 Å². The standard InChI is InChI=1S/C13H23N5O/c1-13(2,19)10-15-12-14-5-4-11(16-12)18-8-6-17(3)7-9-18/h4-5,19H,6-10H2,1-3H3,(H,14,15,16). The highest BCUT2D eigenvalue weighted by Gasteiger charge is 2.16. The van der Waals surface area contributed by atoms with Crippen molar-refractivity contribution < 1.29 is 5.11 Å². The molecule has 0 saturated carbocycles. The zero-order valence-corrected chi connectivity index (χ0v) is 11.9. The minimum atomic E-state index is -0.771. The Kier molecular flexibility index (Phi) is 4.21. The number of piperazine rings is 1. The summed E-state index contributed by atoms with van der Waals surface area (Å²) in [6, 6.07) is 1.93. The Labute approximate surface area is 114 Å². The maximum atomic E-state index is 9.69. The number of hydrogen-bond acceptors (Lipinski definition) is 6. The van der Waals surface area contributed by atoms with Crippen LogP contribution in [-0.2, 0) is 0 Å². The van der Waals surface area contributed by atoms with Crippen LogP contribution in [0.3, 0.4) is 0 Å². The molecule has 1 fully saturated rings. The molecule has 2 rings (SSSR count). The number of aromatic nitrogens is 2. The van der Waals surface area contributed by atoms with Gasteiger partial charge in [0.1, 0.15) is 5.82 Å². The summed E-state index contributed by atoms with van der Waals surface area (Å²) in [5, 5.41) is 12.8. The van der Waals surface area contributed by atoms with Crippen LogP contribution in [0.4, 0.5) is 11.8 Å². The van der Waals surface area contributed by atoms with E-state index in [0.29, 0.717) is 12.5 Å². The number of likely N-dealkylation sites (N-methyl/N-ethyl adjacent to an activating group) is 1. The lowest BCUT2D eigenvalue weighted by atomic mass is 10.1. The van der Waals surface area contributed by atoms with Gasteiger partial charge in [-0.1, -0.05) is 0 Å². The number of aliphatic hydroxyl groups is 1. The van der Waals surface area contributed by atoms with Crippen LogP contribution < -0.4 is 10.2 Å². The van der Waals surface area contributed by atoms with Crippen molar-refractivity contribution in [2.24, 2.45) is 0 Å². The Balaban J connectivity index is 1.99. The Morgan fingerprint density at radius 1 is 1.32 bits per heavy atom. The Morgan fingerprint density at radius 2 is 2.00 bits per heavy atom. The molecule has 0 bridgehead atoms. The first kappa shape index (κ1) is 14.0.